The van der Waals surface area contributed by atoms with E-state index in [2.05, 4.69) is 48.9 Å². The van der Waals surface area contributed by atoms with Crippen molar-refractivity contribution in [2.45, 2.75) is 31.4 Å². The Morgan fingerprint density at radius 2 is 1.87 bits per heavy atom. The summed E-state index contributed by atoms with van der Waals surface area (Å²) < 4.78 is 8.47. The van der Waals surface area contributed by atoms with E-state index >= 15 is 0 Å². The summed E-state index contributed by atoms with van der Waals surface area (Å²) in [6.07, 6.45) is 6.30. The quantitative estimate of drug-likeness (QED) is 0.726. The molecule has 0 amide bonds. The van der Waals surface area contributed by atoms with Crippen molar-refractivity contribution in [3.05, 3.63) is 32.2 Å². The molecule has 2 N–H and O–H groups in total. The van der Waals surface area contributed by atoms with Gasteiger partial charge in [0.05, 0.1) is 17.7 Å². The summed E-state index contributed by atoms with van der Waals surface area (Å²) in [5.41, 5.74) is 1.75. The van der Waals surface area contributed by atoms with Crippen LogP contribution in [0.3, 0.4) is 0 Å². The molecule has 0 spiro atoms. The Labute approximate surface area is 153 Å². The van der Waals surface area contributed by atoms with Gasteiger partial charge in [-0.15, -0.1) is 0 Å². The third-order valence-electron chi connectivity index (χ3n) is 4.60. The van der Waals surface area contributed by atoms with Crippen LogP contribution in [-0.4, -0.2) is 47.1 Å². The Hall–Kier alpha value is -0.400. The van der Waals surface area contributed by atoms with Crippen molar-refractivity contribution in [1.82, 2.24) is 4.90 Å². The maximum Gasteiger partial charge on any atom is 0.186 e. The number of hydrogen-bond donors (Lipinski definition) is 2. The topological polar surface area (TPSA) is 52.9 Å². The number of benzene rings is 1. The summed E-state index contributed by atoms with van der Waals surface area (Å²) in [4.78, 5) is 2.08. The molecule has 6 heteroatoms. The molecule has 1 unspecified atom stereocenters. The van der Waals surface area contributed by atoms with Crippen molar-refractivity contribution >= 4 is 37.9 Å². The first-order valence-corrected chi connectivity index (χ1v) is 9.55. The van der Waals surface area contributed by atoms with Gasteiger partial charge in [-0.1, -0.05) is 15.9 Å². The minimum absolute atomic E-state index is 0.0484. The van der Waals surface area contributed by atoms with Gasteiger partial charge in [0, 0.05) is 29.5 Å². The van der Waals surface area contributed by atoms with Gasteiger partial charge in [0.15, 0.2) is 5.72 Å². The van der Waals surface area contributed by atoms with Crippen molar-refractivity contribution < 1.29 is 14.9 Å². The molecule has 126 valence electrons. The molecule has 1 fully saturated rings. The van der Waals surface area contributed by atoms with E-state index in [1.54, 1.807) is 0 Å². The SMILES string of the molecule is OCCN(CCO)C12CCCCC1=Cc1cc(Br)cc(Br)c1O2. The van der Waals surface area contributed by atoms with E-state index in [4.69, 9.17) is 4.74 Å². The summed E-state index contributed by atoms with van der Waals surface area (Å²) in [5.74, 6) is 0.833. The van der Waals surface area contributed by atoms with Crippen LogP contribution < -0.4 is 4.74 Å². The summed E-state index contributed by atoms with van der Waals surface area (Å²) in [5, 5.41) is 18.9. The average molecular weight is 447 g/mol. The molecule has 0 bridgehead atoms. The average Bonchev–Trinajstić information content (AvgIpc) is 2.53. The Morgan fingerprint density at radius 1 is 1.13 bits per heavy atom. The van der Waals surface area contributed by atoms with Crippen LogP contribution in [0, 0.1) is 0 Å². The number of nitrogens with zero attached hydrogens (tertiary/aromatic N) is 1. The van der Waals surface area contributed by atoms with Crippen LogP contribution >= 0.6 is 31.9 Å². The molecule has 1 aliphatic heterocycles. The second kappa shape index (κ2) is 7.23. The summed E-state index contributed by atoms with van der Waals surface area (Å²) in [7, 11) is 0. The molecular formula is C17H21Br2NO3. The van der Waals surface area contributed by atoms with Crippen molar-refractivity contribution in [1.29, 1.82) is 0 Å². The number of fused-ring (bicyclic) bond motifs is 2. The Morgan fingerprint density at radius 3 is 2.57 bits per heavy atom. The van der Waals surface area contributed by atoms with Crippen molar-refractivity contribution in [3.8, 4) is 5.75 Å². The summed E-state index contributed by atoms with van der Waals surface area (Å²) >= 11 is 7.13. The van der Waals surface area contributed by atoms with Gasteiger partial charge in [0.2, 0.25) is 0 Å². The van der Waals surface area contributed by atoms with Crippen LogP contribution in [0.25, 0.3) is 6.08 Å². The van der Waals surface area contributed by atoms with Crippen LogP contribution in [0.5, 0.6) is 5.75 Å². The van der Waals surface area contributed by atoms with Crippen molar-refractivity contribution in [2.75, 3.05) is 26.3 Å². The van der Waals surface area contributed by atoms with Crippen LogP contribution in [0.1, 0.15) is 31.2 Å². The maximum atomic E-state index is 9.45. The third-order valence-corrected chi connectivity index (χ3v) is 5.65. The lowest BCUT2D eigenvalue weighted by Crippen LogP contribution is -2.58. The molecule has 0 aromatic heterocycles. The Balaban J connectivity index is 2.08. The standard InChI is InChI=1S/C17H21Br2NO3/c18-14-10-12-9-13-3-1-2-4-17(13,20(5-7-21)6-8-22)23-16(12)15(19)11-14/h9-11,21-22H,1-8H2. The fraction of sp³-hybridized carbons (Fsp3) is 0.529. The van der Waals surface area contributed by atoms with Crippen LogP contribution in [0.2, 0.25) is 0 Å². The van der Waals surface area contributed by atoms with Gasteiger partial charge in [0.25, 0.3) is 0 Å². The molecule has 0 radical (unpaired) electrons. The molecule has 4 nitrogen and oxygen atoms in total. The second-order valence-electron chi connectivity index (χ2n) is 6.00. The molecule has 1 atom stereocenters. The van der Waals surface area contributed by atoms with E-state index < -0.39 is 5.72 Å². The monoisotopic (exact) mass is 445 g/mol. The smallest absolute Gasteiger partial charge is 0.186 e. The zero-order valence-electron chi connectivity index (χ0n) is 12.9. The molecule has 2 aliphatic rings. The molecule has 1 heterocycles. The summed E-state index contributed by atoms with van der Waals surface area (Å²) in [6.45, 7) is 1.07. The van der Waals surface area contributed by atoms with Gasteiger partial charge >= 0.3 is 0 Å². The minimum Gasteiger partial charge on any atom is -0.467 e. The maximum absolute atomic E-state index is 9.45. The Bertz CT molecular complexity index is 614. The first-order chi connectivity index (χ1) is 11.1. The van der Waals surface area contributed by atoms with E-state index in [0.717, 1.165) is 45.9 Å². The predicted molar refractivity (Wildman–Crippen MR) is 97.4 cm³/mol. The fourth-order valence-electron chi connectivity index (χ4n) is 3.63. The van der Waals surface area contributed by atoms with Crippen molar-refractivity contribution in [3.63, 3.8) is 0 Å². The van der Waals surface area contributed by atoms with Gasteiger partial charge in [-0.25, -0.2) is 0 Å². The van der Waals surface area contributed by atoms with Crippen molar-refractivity contribution in [2.24, 2.45) is 0 Å². The highest BCUT2D eigenvalue weighted by Gasteiger charge is 2.46. The molecule has 23 heavy (non-hydrogen) atoms. The number of aliphatic hydroxyl groups excluding tert-OH is 2. The Kier molecular flexibility index (Phi) is 5.48. The summed E-state index contributed by atoms with van der Waals surface area (Å²) in [6, 6.07) is 4.05. The normalized spacial score (nSPS) is 23.1. The van der Waals surface area contributed by atoms with Crippen LogP contribution in [0.15, 0.2) is 26.7 Å². The lowest BCUT2D eigenvalue weighted by molar-refractivity contribution is -0.0848. The number of aliphatic hydroxyl groups is 2. The van der Waals surface area contributed by atoms with Gasteiger partial charge in [-0.3, -0.25) is 4.90 Å². The number of ether oxygens (including phenoxy) is 1. The molecule has 3 rings (SSSR count). The molecule has 1 aliphatic carbocycles. The van der Waals surface area contributed by atoms with E-state index in [-0.39, 0.29) is 13.2 Å². The van der Waals surface area contributed by atoms with Gasteiger partial charge < -0.3 is 14.9 Å². The first-order valence-electron chi connectivity index (χ1n) is 7.96. The fourth-order valence-corrected chi connectivity index (χ4v) is 4.97. The van der Waals surface area contributed by atoms with Gasteiger partial charge in [0.1, 0.15) is 5.75 Å². The van der Waals surface area contributed by atoms with Crippen LogP contribution in [0.4, 0.5) is 0 Å². The predicted octanol–water partition coefficient (Wildman–Crippen LogP) is 3.54. The number of rotatable bonds is 5. The lowest BCUT2D eigenvalue weighted by Gasteiger charge is -2.49. The van der Waals surface area contributed by atoms with Gasteiger partial charge in [-0.05, 0) is 59.0 Å². The zero-order valence-corrected chi connectivity index (χ0v) is 16.1. The third kappa shape index (κ3) is 3.24. The molecule has 1 aromatic carbocycles. The highest BCUT2D eigenvalue weighted by atomic mass is 79.9. The molecular weight excluding hydrogens is 426 g/mol. The first kappa shape index (κ1) is 17.4. The van der Waals surface area contributed by atoms with E-state index in [1.807, 2.05) is 6.07 Å². The molecule has 1 saturated carbocycles. The van der Waals surface area contributed by atoms with E-state index in [1.165, 1.54) is 5.57 Å². The van der Waals surface area contributed by atoms with Gasteiger partial charge in [-0.2, -0.15) is 0 Å². The molecule has 0 saturated heterocycles. The zero-order chi connectivity index (χ0) is 16.4. The highest BCUT2D eigenvalue weighted by Crippen LogP contribution is 2.48. The second-order valence-corrected chi connectivity index (χ2v) is 7.77. The van der Waals surface area contributed by atoms with E-state index in [0.29, 0.717) is 13.1 Å². The lowest BCUT2D eigenvalue weighted by atomic mass is 9.82. The number of hydrogen-bond acceptors (Lipinski definition) is 4. The van der Waals surface area contributed by atoms with E-state index in [9.17, 15) is 10.2 Å². The number of halogens is 2. The highest BCUT2D eigenvalue weighted by molar-refractivity contribution is 9.11. The minimum atomic E-state index is -0.549. The molecule has 1 aromatic rings. The largest absolute Gasteiger partial charge is 0.467 e. The van der Waals surface area contributed by atoms with Crippen LogP contribution in [-0.2, 0) is 0 Å².